The molecule has 2 amide bonds. The Kier molecular flexibility index (Phi) is 8.63. The lowest BCUT2D eigenvalue weighted by molar-refractivity contribution is -0.137. The van der Waals surface area contributed by atoms with Crippen LogP contribution >= 0.6 is 0 Å². The van der Waals surface area contributed by atoms with Crippen LogP contribution in [0.2, 0.25) is 0 Å². The molecule has 2 fully saturated rings. The molecule has 3 heterocycles. The smallest absolute Gasteiger partial charge is 0.245 e. The van der Waals surface area contributed by atoms with E-state index in [4.69, 9.17) is 9.47 Å². The Hall–Kier alpha value is -2.46. The molecule has 2 unspecified atom stereocenters. The zero-order valence-corrected chi connectivity index (χ0v) is 19.5. The number of nitrogens with zero attached hydrogens (tertiary/aromatic N) is 4. The van der Waals surface area contributed by atoms with Crippen molar-refractivity contribution in [3.63, 3.8) is 0 Å². The Balaban J connectivity index is 1.69. The standard InChI is InChI=1S/C22H36N6O4/c1-15(2)19(21(29)27-5-9-31-10-6-27)25-17-13-18(24-14-23-17)26-20(16(3)4)22(30)28-7-11-32-12-8-28/h13-16,19-20H,5-12H2,1-4H3,(H2,23,24,25,26). The van der Waals surface area contributed by atoms with E-state index >= 15 is 0 Å². The van der Waals surface area contributed by atoms with Gasteiger partial charge in [-0.05, 0) is 11.8 Å². The second-order valence-electron chi connectivity index (χ2n) is 8.90. The molecule has 178 valence electrons. The van der Waals surface area contributed by atoms with Crippen molar-refractivity contribution in [3.05, 3.63) is 12.4 Å². The summed E-state index contributed by atoms with van der Waals surface area (Å²) in [6, 6.07) is 0.933. The van der Waals surface area contributed by atoms with E-state index in [1.165, 1.54) is 6.33 Å². The number of morpholine rings is 2. The van der Waals surface area contributed by atoms with Crippen LogP contribution in [0.15, 0.2) is 12.4 Å². The van der Waals surface area contributed by atoms with Crippen molar-refractivity contribution >= 4 is 23.5 Å². The first-order valence-corrected chi connectivity index (χ1v) is 11.4. The summed E-state index contributed by atoms with van der Waals surface area (Å²) in [5, 5.41) is 6.55. The van der Waals surface area contributed by atoms with Gasteiger partial charge in [0.1, 0.15) is 30.0 Å². The maximum absolute atomic E-state index is 13.0. The fraction of sp³-hybridized carbons (Fsp3) is 0.727. The molecule has 10 nitrogen and oxygen atoms in total. The van der Waals surface area contributed by atoms with Gasteiger partial charge in [0.25, 0.3) is 0 Å². The molecule has 2 saturated heterocycles. The molecule has 2 N–H and O–H groups in total. The van der Waals surface area contributed by atoms with Gasteiger partial charge in [-0.25, -0.2) is 9.97 Å². The number of hydrogen-bond acceptors (Lipinski definition) is 8. The van der Waals surface area contributed by atoms with Gasteiger partial charge in [-0.3, -0.25) is 9.59 Å². The Morgan fingerprint density at radius 3 is 1.50 bits per heavy atom. The van der Waals surface area contributed by atoms with Crippen molar-refractivity contribution in [2.45, 2.75) is 39.8 Å². The predicted octanol–water partition coefficient (Wildman–Crippen LogP) is 1.07. The Labute approximate surface area is 190 Å². The number of carbonyl (C=O) groups excluding carboxylic acids is 2. The summed E-state index contributed by atoms with van der Waals surface area (Å²) in [5.41, 5.74) is 0. The van der Waals surface area contributed by atoms with Gasteiger partial charge in [0.2, 0.25) is 11.8 Å². The Morgan fingerprint density at radius 2 is 1.16 bits per heavy atom. The van der Waals surface area contributed by atoms with Crippen LogP contribution < -0.4 is 10.6 Å². The van der Waals surface area contributed by atoms with Crippen LogP contribution in [0, 0.1) is 11.8 Å². The van der Waals surface area contributed by atoms with E-state index in [1.807, 2.05) is 37.5 Å². The van der Waals surface area contributed by atoms with E-state index in [9.17, 15) is 9.59 Å². The first-order valence-electron chi connectivity index (χ1n) is 11.4. The lowest BCUT2D eigenvalue weighted by atomic mass is 10.0. The van der Waals surface area contributed by atoms with Gasteiger partial charge in [-0.2, -0.15) is 0 Å². The molecule has 0 radical (unpaired) electrons. The van der Waals surface area contributed by atoms with Crippen LogP contribution in [-0.2, 0) is 19.1 Å². The van der Waals surface area contributed by atoms with Crippen LogP contribution in [0.25, 0.3) is 0 Å². The van der Waals surface area contributed by atoms with Crippen LogP contribution in [0.5, 0.6) is 0 Å². The zero-order chi connectivity index (χ0) is 23.1. The monoisotopic (exact) mass is 448 g/mol. The summed E-state index contributed by atoms with van der Waals surface area (Å²) in [7, 11) is 0. The number of amides is 2. The number of ether oxygens (including phenoxy) is 2. The maximum atomic E-state index is 13.0. The van der Waals surface area contributed by atoms with Gasteiger partial charge < -0.3 is 29.9 Å². The molecule has 0 aromatic carbocycles. The minimum Gasteiger partial charge on any atom is -0.378 e. The molecule has 1 aromatic heterocycles. The average Bonchev–Trinajstić information content (AvgIpc) is 2.81. The van der Waals surface area contributed by atoms with Crippen LogP contribution in [-0.4, -0.2) is 96.3 Å². The molecule has 2 aliphatic heterocycles. The molecular weight excluding hydrogens is 412 g/mol. The molecule has 0 saturated carbocycles. The topological polar surface area (TPSA) is 109 Å². The largest absolute Gasteiger partial charge is 0.378 e. The minimum absolute atomic E-state index is 0.0407. The summed E-state index contributed by atoms with van der Waals surface area (Å²) >= 11 is 0. The van der Waals surface area contributed by atoms with Crippen LogP contribution in [0.3, 0.4) is 0 Å². The highest BCUT2D eigenvalue weighted by Gasteiger charge is 2.30. The van der Waals surface area contributed by atoms with Gasteiger partial charge in [-0.1, -0.05) is 27.7 Å². The maximum Gasteiger partial charge on any atom is 0.245 e. The quantitative estimate of drug-likeness (QED) is 0.608. The van der Waals surface area contributed by atoms with E-state index < -0.39 is 12.1 Å². The summed E-state index contributed by atoms with van der Waals surface area (Å²) in [6.45, 7) is 12.7. The average molecular weight is 449 g/mol. The molecule has 0 spiro atoms. The first-order chi connectivity index (χ1) is 15.4. The van der Waals surface area contributed by atoms with E-state index in [0.29, 0.717) is 64.2 Å². The highest BCUT2D eigenvalue weighted by molar-refractivity contribution is 5.86. The molecule has 0 bridgehead atoms. The Morgan fingerprint density at radius 1 is 0.781 bits per heavy atom. The zero-order valence-electron chi connectivity index (χ0n) is 19.5. The van der Waals surface area contributed by atoms with Gasteiger partial charge in [0.15, 0.2) is 0 Å². The van der Waals surface area contributed by atoms with Crippen molar-refractivity contribution in [1.82, 2.24) is 19.8 Å². The van der Waals surface area contributed by atoms with E-state index in [0.717, 1.165) is 0 Å². The third-order valence-electron chi connectivity index (χ3n) is 5.78. The van der Waals surface area contributed by atoms with Gasteiger partial charge in [0.05, 0.1) is 26.4 Å². The lowest BCUT2D eigenvalue weighted by Crippen LogP contribution is -2.50. The second kappa shape index (κ2) is 11.4. The summed E-state index contributed by atoms with van der Waals surface area (Å²) in [6.07, 6.45) is 1.44. The highest BCUT2D eigenvalue weighted by Crippen LogP contribution is 2.19. The number of anilines is 2. The fourth-order valence-corrected chi connectivity index (χ4v) is 3.82. The SMILES string of the molecule is CC(C)C(Nc1cc(NC(C(=O)N2CCOCC2)C(C)C)ncn1)C(=O)N1CCOCC1. The fourth-order valence-electron chi connectivity index (χ4n) is 3.82. The van der Waals surface area contributed by atoms with Crippen LogP contribution in [0.4, 0.5) is 11.6 Å². The molecule has 2 atom stereocenters. The third kappa shape index (κ3) is 6.29. The number of aromatic nitrogens is 2. The van der Waals surface area contributed by atoms with E-state index in [2.05, 4.69) is 20.6 Å². The molecule has 3 rings (SSSR count). The number of nitrogens with one attached hydrogen (secondary N) is 2. The van der Waals surface area contributed by atoms with Crippen molar-refractivity contribution in [1.29, 1.82) is 0 Å². The molecule has 32 heavy (non-hydrogen) atoms. The Bertz CT molecular complexity index is 703. The van der Waals surface area contributed by atoms with Gasteiger partial charge in [0, 0.05) is 32.2 Å². The van der Waals surface area contributed by atoms with Crippen molar-refractivity contribution in [2.24, 2.45) is 11.8 Å². The molecular formula is C22H36N6O4. The molecule has 1 aromatic rings. The lowest BCUT2D eigenvalue weighted by Gasteiger charge is -2.33. The number of rotatable bonds is 8. The number of hydrogen-bond donors (Lipinski definition) is 2. The summed E-state index contributed by atoms with van der Waals surface area (Å²) in [5.74, 6) is 1.32. The molecule has 2 aliphatic rings. The molecule has 0 aliphatic carbocycles. The minimum atomic E-state index is -0.410. The van der Waals surface area contributed by atoms with Crippen molar-refractivity contribution < 1.29 is 19.1 Å². The van der Waals surface area contributed by atoms with E-state index in [1.54, 1.807) is 6.07 Å². The van der Waals surface area contributed by atoms with E-state index in [-0.39, 0.29) is 23.7 Å². The molecule has 10 heteroatoms. The first kappa shape index (κ1) is 24.2. The van der Waals surface area contributed by atoms with Crippen LogP contribution in [0.1, 0.15) is 27.7 Å². The normalized spacial score (nSPS) is 19.1. The second-order valence-corrected chi connectivity index (χ2v) is 8.90. The third-order valence-corrected chi connectivity index (χ3v) is 5.78. The predicted molar refractivity (Wildman–Crippen MR) is 121 cm³/mol. The highest BCUT2D eigenvalue weighted by atomic mass is 16.5. The van der Waals surface area contributed by atoms with Crippen molar-refractivity contribution in [3.8, 4) is 0 Å². The number of carbonyl (C=O) groups is 2. The summed E-state index contributed by atoms with van der Waals surface area (Å²) < 4.78 is 10.7. The van der Waals surface area contributed by atoms with Crippen molar-refractivity contribution in [2.75, 3.05) is 63.2 Å². The summed E-state index contributed by atoms with van der Waals surface area (Å²) in [4.78, 5) is 38.4. The van der Waals surface area contributed by atoms with Gasteiger partial charge in [-0.15, -0.1) is 0 Å². The van der Waals surface area contributed by atoms with Gasteiger partial charge >= 0.3 is 0 Å².